The summed E-state index contributed by atoms with van der Waals surface area (Å²) in [5.41, 5.74) is 1.21. The van der Waals surface area contributed by atoms with E-state index in [0.29, 0.717) is 11.1 Å². The quantitative estimate of drug-likeness (QED) is 0.246. The van der Waals surface area contributed by atoms with Crippen LogP contribution in [-0.4, -0.2) is 46.6 Å². The molecule has 0 bridgehead atoms. The van der Waals surface area contributed by atoms with Crippen molar-refractivity contribution < 1.29 is 32.3 Å². The highest BCUT2D eigenvalue weighted by atomic mass is 35.5. The predicted molar refractivity (Wildman–Crippen MR) is 157 cm³/mol. The molecule has 1 aromatic heterocycles. The van der Waals surface area contributed by atoms with Crippen molar-refractivity contribution in [3.05, 3.63) is 99.8 Å². The van der Waals surface area contributed by atoms with Crippen molar-refractivity contribution in [2.24, 2.45) is 11.8 Å². The summed E-state index contributed by atoms with van der Waals surface area (Å²) in [5.74, 6) is -6.60. The van der Waals surface area contributed by atoms with E-state index < -0.39 is 59.9 Å². The molecule has 0 aliphatic carbocycles. The Balaban J connectivity index is 1.92. The Kier molecular flexibility index (Phi) is 11.9. The van der Waals surface area contributed by atoms with Gasteiger partial charge in [-0.3, -0.25) is 24.2 Å². The molecule has 0 aliphatic rings. The number of Topliss-reactive ketones (excluding diaryl/α,β-unsaturated/α-hetero) is 2. The molecular formula is C31H30Cl2F3N3O4. The standard InChI is InChI=1S/C31H30Cl2F3N3O4/c1-18(2)21(28(41)31(34,35)36)17-27(40)25(15-19-8-4-3-5-9-19)38-30(43)26(16-20-11-12-22(32)23(33)14-20)39-29(42)24-10-6-7-13-37-24/h3-14,18,21,25-26H,15-17H2,1-2H3,(H,38,43)(H,39,42)/t21-,25-,26-/m0/s1. The molecule has 2 amide bonds. The van der Waals surface area contributed by atoms with Gasteiger partial charge in [0, 0.05) is 25.0 Å². The molecule has 0 spiro atoms. The highest BCUT2D eigenvalue weighted by Gasteiger charge is 2.45. The Bertz CT molecular complexity index is 1440. The van der Waals surface area contributed by atoms with Gasteiger partial charge >= 0.3 is 6.18 Å². The number of nitrogens with zero attached hydrogens (tertiary/aromatic N) is 1. The van der Waals surface area contributed by atoms with E-state index in [2.05, 4.69) is 15.6 Å². The topological polar surface area (TPSA) is 105 Å². The number of aromatic nitrogens is 1. The molecule has 3 atom stereocenters. The van der Waals surface area contributed by atoms with E-state index in [1.807, 2.05) is 0 Å². The molecule has 0 saturated heterocycles. The molecule has 12 heteroatoms. The first-order valence-electron chi connectivity index (χ1n) is 13.4. The number of nitrogens with one attached hydrogen (secondary N) is 2. The van der Waals surface area contributed by atoms with E-state index >= 15 is 0 Å². The number of amides is 2. The van der Waals surface area contributed by atoms with E-state index in [1.54, 1.807) is 48.5 Å². The average Bonchev–Trinajstić information content (AvgIpc) is 2.96. The van der Waals surface area contributed by atoms with Gasteiger partial charge in [-0.05, 0) is 47.7 Å². The maximum Gasteiger partial charge on any atom is 0.450 e. The maximum atomic E-state index is 13.7. The normalized spacial score (nSPS) is 13.6. The summed E-state index contributed by atoms with van der Waals surface area (Å²) in [4.78, 5) is 56.2. The zero-order valence-electron chi connectivity index (χ0n) is 23.3. The van der Waals surface area contributed by atoms with Gasteiger partial charge < -0.3 is 10.6 Å². The van der Waals surface area contributed by atoms with Crippen LogP contribution >= 0.6 is 23.2 Å². The number of alkyl halides is 3. The second-order valence-corrected chi connectivity index (χ2v) is 11.1. The van der Waals surface area contributed by atoms with Crippen LogP contribution in [0.3, 0.4) is 0 Å². The van der Waals surface area contributed by atoms with Gasteiger partial charge in [-0.25, -0.2) is 0 Å². The second-order valence-electron chi connectivity index (χ2n) is 10.3. The first-order valence-corrected chi connectivity index (χ1v) is 14.2. The van der Waals surface area contributed by atoms with Crippen LogP contribution < -0.4 is 10.6 Å². The fraction of sp³-hybridized carbons (Fsp3) is 0.323. The molecular weight excluding hydrogens is 606 g/mol. The number of hydrogen-bond acceptors (Lipinski definition) is 5. The molecule has 3 aromatic rings. The molecule has 1 heterocycles. The molecule has 2 aromatic carbocycles. The van der Waals surface area contributed by atoms with Gasteiger partial charge in [0.15, 0.2) is 5.78 Å². The van der Waals surface area contributed by atoms with E-state index in [1.165, 1.54) is 38.2 Å². The Hall–Kier alpha value is -3.76. The van der Waals surface area contributed by atoms with Gasteiger partial charge in [0.1, 0.15) is 11.7 Å². The number of pyridine rings is 1. The third kappa shape index (κ3) is 9.90. The molecule has 43 heavy (non-hydrogen) atoms. The predicted octanol–water partition coefficient (Wildman–Crippen LogP) is 5.82. The van der Waals surface area contributed by atoms with Crippen molar-refractivity contribution in [3.63, 3.8) is 0 Å². The Labute approximate surface area is 257 Å². The molecule has 0 saturated carbocycles. The number of rotatable bonds is 13. The summed E-state index contributed by atoms with van der Waals surface area (Å²) in [5, 5.41) is 5.74. The number of halogens is 5. The molecule has 2 N–H and O–H groups in total. The summed E-state index contributed by atoms with van der Waals surface area (Å²) >= 11 is 12.2. The lowest BCUT2D eigenvalue weighted by Crippen LogP contribution is -2.53. The fourth-order valence-corrected chi connectivity index (χ4v) is 4.73. The molecule has 0 radical (unpaired) electrons. The van der Waals surface area contributed by atoms with Crippen LogP contribution in [0.2, 0.25) is 10.0 Å². The van der Waals surface area contributed by atoms with Crippen LogP contribution in [0, 0.1) is 11.8 Å². The van der Waals surface area contributed by atoms with Crippen LogP contribution in [0.15, 0.2) is 72.9 Å². The SMILES string of the molecule is CC(C)[C@H](CC(=O)[C@H](Cc1ccccc1)NC(=O)[C@H](Cc1ccc(Cl)c(Cl)c1)NC(=O)c1ccccn1)C(=O)C(F)(F)F. The number of hydrogen-bond donors (Lipinski definition) is 2. The van der Waals surface area contributed by atoms with Gasteiger partial charge in [0.05, 0.1) is 16.1 Å². The van der Waals surface area contributed by atoms with Gasteiger partial charge in [-0.2, -0.15) is 13.2 Å². The molecule has 3 rings (SSSR count). The van der Waals surface area contributed by atoms with Crippen LogP contribution in [0.5, 0.6) is 0 Å². The second kappa shape index (κ2) is 15.1. The lowest BCUT2D eigenvalue weighted by atomic mass is 9.84. The molecule has 228 valence electrons. The van der Waals surface area contributed by atoms with Gasteiger partial charge in [0.25, 0.3) is 5.91 Å². The van der Waals surface area contributed by atoms with Crippen molar-refractivity contribution in [1.82, 2.24) is 15.6 Å². The van der Waals surface area contributed by atoms with Crippen molar-refractivity contribution in [3.8, 4) is 0 Å². The van der Waals surface area contributed by atoms with Crippen molar-refractivity contribution >= 4 is 46.6 Å². The summed E-state index contributed by atoms with van der Waals surface area (Å²) in [6.45, 7) is 2.85. The van der Waals surface area contributed by atoms with E-state index in [4.69, 9.17) is 23.2 Å². The highest BCUT2D eigenvalue weighted by Crippen LogP contribution is 2.28. The third-order valence-corrected chi connectivity index (χ3v) is 7.51. The van der Waals surface area contributed by atoms with Crippen LogP contribution in [0.1, 0.15) is 41.9 Å². The number of carbonyl (C=O) groups is 4. The van der Waals surface area contributed by atoms with Crippen LogP contribution in [-0.2, 0) is 27.2 Å². The van der Waals surface area contributed by atoms with E-state index in [9.17, 15) is 32.3 Å². The zero-order valence-corrected chi connectivity index (χ0v) is 24.8. The lowest BCUT2D eigenvalue weighted by Gasteiger charge is -2.26. The van der Waals surface area contributed by atoms with Crippen molar-refractivity contribution in [2.45, 2.75) is 51.4 Å². The zero-order chi connectivity index (χ0) is 31.7. The lowest BCUT2D eigenvalue weighted by molar-refractivity contribution is -0.177. The molecule has 7 nitrogen and oxygen atoms in total. The Morgan fingerprint density at radius 2 is 1.47 bits per heavy atom. The number of benzene rings is 2. The van der Waals surface area contributed by atoms with Gasteiger partial charge in [0.2, 0.25) is 11.7 Å². The monoisotopic (exact) mass is 635 g/mol. The van der Waals surface area contributed by atoms with Gasteiger partial charge in [-0.15, -0.1) is 0 Å². The average molecular weight is 636 g/mol. The first kappa shape index (κ1) is 33.7. The van der Waals surface area contributed by atoms with E-state index in [-0.39, 0.29) is 28.6 Å². The smallest absolute Gasteiger partial charge is 0.344 e. The number of ketones is 2. The minimum absolute atomic E-state index is 0.0387. The van der Waals surface area contributed by atoms with Gasteiger partial charge in [-0.1, -0.05) is 79.5 Å². The first-order chi connectivity index (χ1) is 20.3. The summed E-state index contributed by atoms with van der Waals surface area (Å²) in [6.07, 6.45) is -4.55. The van der Waals surface area contributed by atoms with Crippen LogP contribution in [0.4, 0.5) is 13.2 Å². The summed E-state index contributed by atoms with van der Waals surface area (Å²) in [6, 6.07) is 15.4. The molecule has 0 unspecified atom stereocenters. The largest absolute Gasteiger partial charge is 0.450 e. The van der Waals surface area contributed by atoms with Crippen LogP contribution in [0.25, 0.3) is 0 Å². The Morgan fingerprint density at radius 3 is 2.05 bits per heavy atom. The summed E-state index contributed by atoms with van der Waals surface area (Å²) in [7, 11) is 0. The van der Waals surface area contributed by atoms with Crippen molar-refractivity contribution in [2.75, 3.05) is 0 Å². The molecule has 0 fully saturated rings. The number of carbonyl (C=O) groups excluding carboxylic acids is 4. The minimum atomic E-state index is -5.12. The fourth-order valence-electron chi connectivity index (χ4n) is 4.41. The van der Waals surface area contributed by atoms with E-state index in [0.717, 1.165) is 0 Å². The Morgan fingerprint density at radius 1 is 0.814 bits per heavy atom. The minimum Gasteiger partial charge on any atom is -0.344 e. The third-order valence-electron chi connectivity index (χ3n) is 6.77. The summed E-state index contributed by atoms with van der Waals surface area (Å²) < 4.78 is 39.9. The molecule has 0 aliphatic heterocycles. The van der Waals surface area contributed by atoms with Crippen molar-refractivity contribution in [1.29, 1.82) is 0 Å². The maximum absolute atomic E-state index is 13.7. The highest BCUT2D eigenvalue weighted by molar-refractivity contribution is 6.42.